The van der Waals surface area contributed by atoms with Crippen LogP contribution in [0.3, 0.4) is 0 Å². The molecule has 1 aromatic heterocycles. The molecule has 1 fully saturated rings. The first-order chi connectivity index (χ1) is 16.7. The molecule has 35 heavy (non-hydrogen) atoms. The van der Waals surface area contributed by atoms with Crippen molar-refractivity contribution >= 4 is 44.5 Å². The number of hydrogen-bond donors (Lipinski definition) is 1. The standard InChI is InChI=1S/C27H36BrN5O2/c1-17(2)33(14-8-9-23(34)32-12-6-7-13-32)21-11-10-20(25-26(21)31(4)27(29)30-25)24-18(3)15-19(28)16-22(24)35-5/h10-11,15-17H,6-9,12-14H2,1-5H3,(H2,29,30). The third-order valence-corrected chi connectivity index (χ3v) is 7.43. The number of imidazole rings is 1. The SMILES string of the molecule is COc1cc(Br)cc(C)c1-c1ccc(N(CCCC(=O)N2CCCC2)C(C)C)c2c1nc(N)n2C. The number of rotatable bonds is 8. The van der Waals surface area contributed by atoms with Crippen LogP contribution in [-0.4, -0.2) is 53.1 Å². The van der Waals surface area contributed by atoms with E-state index >= 15 is 0 Å². The fourth-order valence-corrected chi connectivity index (χ4v) is 5.70. The Hall–Kier alpha value is -2.74. The molecular formula is C27H36BrN5O2. The van der Waals surface area contributed by atoms with E-state index in [9.17, 15) is 4.79 Å². The molecule has 0 saturated carbocycles. The second-order valence-electron chi connectivity index (χ2n) is 9.64. The Labute approximate surface area is 216 Å². The highest BCUT2D eigenvalue weighted by atomic mass is 79.9. The summed E-state index contributed by atoms with van der Waals surface area (Å²) in [5, 5.41) is 0. The first-order valence-corrected chi connectivity index (χ1v) is 13.2. The van der Waals surface area contributed by atoms with E-state index in [0.29, 0.717) is 12.4 Å². The Balaban J connectivity index is 1.72. The lowest BCUT2D eigenvalue weighted by Gasteiger charge is -2.30. The molecule has 1 aliphatic heterocycles. The summed E-state index contributed by atoms with van der Waals surface area (Å²) >= 11 is 3.57. The highest BCUT2D eigenvalue weighted by Crippen LogP contribution is 2.42. The highest BCUT2D eigenvalue weighted by Gasteiger charge is 2.24. The summed E-state index contributed by atoms with van der Waals surface area (Å²) in [5.41, 5.74) is 12.3. The molecule has 0 spiro atoms. The number of amides is 1. The lowest BCUT2D eigenvalue weighted by molar-refractivity contribution is -0.130. The Kier molecular flexibility index (Phi) is 7.59. The first-order valence-electron chi connectivity index (χ1n) is 12.4. The Morgan fingerprint density at radius 2 is 1.97 bits per heavy atom. The summed E-state index contributed by atoms with van der Waals surface area (Å²) in [4.78, 5) is 21.7. The predicted octanol–water partition coefficient (Wildman–Crippen LogP) is 5.52. The number of aromatic nitrogens is 2. The van der Waals surface area contributed by atoms with Gasteiger partial charge in [0.25, 0.3) is 0 Å². The average Bonchev–Trinajstić information content (AvgIpc) is 3.45. The number of carbonyl (C=O) groups is 1. The number of hydrogen-bond acceptors (Lipinski definition) is 5. The minimum atomic E-state index is 0.256. The second-order valence-corrected chi connectivity index (χ2v) is 10.6. The van der Waals surface area contributed by atoms with Crippen LogP contribution in [0, 0.1) is 6.92 Å². The van der Waals surface area contributed by atoms with E-state index in [4.69, 9.17) is 15.5 Å². The quantitative estimate of drug-likeness (QED) is 0.406. The number of likely N-dealkylation sites (tertiary alicyclic amines) is 1. The number of aryl methyl sites for hydroxylation is 2. The molecule has 7 nitrogen and oxygen atoms in total. The molecule has 0 bridgehead atoms. The topological polar surface area (TPSA) is 76.6 Å². The molecule has 0 radical (unpaired) electrons. The normalized spacial score (nSPS) is 13.7. The maximum absolute atomic E-state index is 12.6. The van der Waals surface area contributed by atoms with Gasteiger partial charge in [-0.1, -0.05) is 15.9 Å². The Morgan fingerprint density at radius 3 is 2.63 bits per heavy atom. The minimum Gasteiger partial charge on any atom is -0.496 e. The third kappa shape index (κ3) is 4.99. The van der Waals surface area contributed by atoms with E-state index in [1.807, 2.05) is 22.6 Å². The van der Waals surface area contributed by atoms with Crippen molar-refractivity contribution < 1.29 is 9.53 Å². The van der Waals surface area contributed by atoms with Gasteiger partial charge in [-0.15, -0.1) is 0 Å². The van der Waals surface area contributed by atoms with Crippen LogP contribution in [-0.2, 0) is 11.8 Å². The molecule has 0 unspecified atom stereocenters. The van der Waals surface area contributed by atoms with E-state index in [0.717, 1.165) is 82.5 Å². The van der Waals surface area contributed by atoms with Gasteiger partial charge < -0.3 is 24.8 Å². The summed E-state index contributed by atoms with van der Waals surface area (Å²) in [5.74, 6) is 1.53. The van der Waals surface area contributed by atoms with Crippen molar-refractivity contribution in [2.75, 3.05) is 37.4 Å². The van der Waals surface area contributed by atoms with Crippen LogP contribution in [0.25, 0.3) is 22.2 Å². The zero-order valence-corrected chi connectivity index (χ0v) is 23.0. The number of fused-ring (bicyclic) bond motifs is 1. The van der Waals surface area contributed by atoms with Crippen LogP contribution in [0.15, 0.2) is 28.7 Å². The van der Waals surface area contributed by atoms with Gasteiger partial charge in [-0.05, 0) is 69.9 Å². The molecule has 8 heteroatoms. The molecule has 2 N–H and O–H groups in total. The summed E-state index contributed by atoms with van der Waals surface area (Å²) < 4.78 is 8.67. The third-order valence-electron chi connectivity index (χ3n) is 6.97. The van der Waals surface area contributed by atoms with Gasteiger partial charge in [-0.25, -0.2) is 4.98 Å². The van der Waals surface area contributed by atoms with E-state index in [1.54, 1.807) is 7.11 Å². The van der Waals surface area contributed by atoms with Crippen LogP contribution in [0.1, 0.15) is 45.1 Å². The van der Waals surface area contributed by atoms with Crippen molar-refractivity contribution in [1.29, 1.82) is 0 Å². The van der Waals surface area contributed by atoms with Crippen LogP contribution in [0.5, 0.6) is 5.75 Å². The molecule has 3 aromatic rings. The summed E-state index contributed by atoms with van der Waals surface area (Å²) in [6.07, 6.45) is 3.63. The van der Waals surface area contributed by atoms with Gasteiger partial charge in [0.15, 0.2) is 0 Å². The largest absolute Gasteiger partial charge is 0.496 e. The van der Waals surface area contributed by atoms with Crippen LogP contribution >= 0.6 is 15.9 Å². The number of halogens is 1. The fourth-order valence-electron chi connectivity index (χ4n) is 5.15. The van der Waals surface area contributed by atoms with E-state index in [-0.39, 0.29) is 11.9 Å². The van der Waals surface area contributed by atoms with Crippen LogP contribution in [0.4, 0.5) is 11.6 Å². The summed E-state index contributed by atoms with van der Waals surface area (Å²) in [7, 11) is 3.64. The van der Waals surface area contributed by atoms with Gasteiger partial charge in [-0.3, -0.25) is 4.79 Å². The Morgan fingerprint density at radius 1 is 1.26 bits per heavy atom. The number of methoxy groups -OCH3 is 1. The molecule has 0 atom stereocenters. The average molecular weight is 543 g/mol. The first kappa shape index (κ1) is 25.4. The fraction of sp³-hybridized carbons (Fsp3) is 0.481. The number of carbonyl (C=O) groups excluding carboxylic acids is 1. The van der Waals surface area contributed by atoms with Crippen molar-refractivity contribution in [2.24, 2.45) is 7.05 Å². The van der Waals surface area contributed by atoms with Gasteiger partial charge >= 0.3 is 0 Å². The number of ether oxygens (including phenoxy) is 1. The molecule has 1 amide bonds. The lowest BCUT2D eigenvalue weighted by Crippen LogP contribution is -2.33. The number of nitrogens with two attached hydrogens (primary N) is 1. The minimum absolute atomic E-state index is 0.256. The molecule has 0 aliphatic carbocycles. The molecule has 2 heterocycles. The lowest BCUT2D eigenvalue weighted by atomic mass is 9.97. The molecule has 4 rings (SSSR count). The second kappa shape index (κ2) is 10.5. The zero-order chi connectivity index (χ0) is 25.3. The van der Waals surface area contributed by atoms with Gasteiger partial charge in [-0.2, -0.15) is 0 Å². The van der Waals surface area contributed by atoms with E-state index in [2.05, 4.69) is 59.8 Å². The maximum Gasteiger partial charge on any atom is 0.222 e. The maximum atomic E-state index is 12.6. The van der Waals surface area contributed by atoms with Crippen LogP contribution < -0.4 is 15.4 Å². The highest BCUT2D eigenvalue weighted by molar-refractivity contribution is 9.10. The van der Waals surface area contributed by atoms with Crippen molar-refractivity contribution in [3.8, 4) is 16.9 Å². The number of nitrogens with zero attached hydrogens (tertiary/aromatic N) is 4. The number of anilines is 2. The predicted molar refractivity (Wildman–Crippen MR) is 147 cm³/mol. The van der Waals surface area contributed by atoms with E-state index in [1.165, 1.54) is 0 Å². The van der Waals surface area contributed by atoms with Gasteiger partial charge in [0.05, 0.1) is 18.3 Å². The molecular weight excluding hydrogens is 506 g/mol. The monoisotopic (exact) mass is 541 g/mol. The van der Waals surface area contributed by atoms with Gasteiger partial charge in [0, 0.05) is 54.7 Å². The summed E-state index contributed by atoms with van der Waals surface area (Å²) in [6.45, 7) is 9.04. The smallest absolute Gasteiger partial charge is 0.222 e. The molecule has 2 aromatic carbocycles. The van der Waals surface area contributed by atoms with Crippen molar-refractivity contribution in [2.45, 2.75) is 52.5 Å². The van der Waals surface area contributed by atoms with E-state index < -0.39 is 0 Å². The van der Waals surface area contributed by atoms with Crippen molar-refractivity contribution in [3.05, 3.63) is 34.3 Å². The number of nitrogen functional groups attached to an aromatic ring is 1. The van der Waals surface area contributed by atoms with Gasteiger partial charge in [0.2, 0.25) is 11.9 Å². The molecule has 1 aliphatic rings. The van der Waals surface area contributed by atoms with Crippen LogP contribution in [0.2, 0.25) is 0 Å². The zero-order valence-electron chi connectivity index (χ0n) is 21.4. The summed E-state index contributed by atoms with van der Waals surface area (Å²) in [6, 6.07) is 8.59. The molecule has 1 saturated heterocycles. The van der Waals surface area contributed by atoms with Crippen molar-refractivity contribution in [1.82, 2.24) is 14.5 Å². The number of benzene rings is 2. The molecule has 188 valence electrons. The van der Waals surface area contributed by atoms with Gasteiger partial charge in [0.1, 0.15) is 11.3 Å². The Bertz CT molecular complexity index is 1230. The van der Waals surface area contributed by atoms with Crippen molar-refractivity contribution in [3.63, 3.8) is 0 Å².